The second kappa shape index (κ2) is 10.7. The fourth-order valence-corrected chi connectivity index (χ4v) is 4.60. The van der Waals surface area contributed by atoms with Crippen LogP contribution in [0, 0.1) is 12.7 Å². The van der Waals surface area contributed by atoms with E-state index in [1.54, 1.807) is 49.6 Å². The lowest BCUT2D eigenvalue weighted by Crippen LogP contribution is -2.29. The van der Waals surface area contributed by atoms with Gasteiger partial charge in [-0.2, -0.15) is 0 Å². The predicted molar refractivity (Wildman–Crippen MR) is 140 cm³/mol. The third kappa shape index (κ3) is 5.04. The third-order valence-electron chi connectivity index (χ3n) is 6.50. The van der Waals surface area contributed by atoms with E-state index in [1.807, 2.05) is 30.3 Å². The van der Waals surface area contributed by atoms with Crippen LogP contribution in [0.3, 0.4) is 0 Å². The number of hydrogen-bond donors (Lipinski definition) is 1. The first-order valence-electron chi connectivity index (χ1n) is 12.1. The van der Waals surface area contributed by atoms with E-state index in [1.165, 1.54) is 29.2 Å². The Bertz CT molecular complexity index is 1500. The normalized spacial score (nSPS) is 16.6. The largest absolute Gasteiger partial charge is 0.507 e. The number of carbonyl (C=O) groups is 2. The molecule has 2 heterocycles. The molecular formula is C31H25FN2O4. The van der Waals surface area contributed by atoms with Crippen LogP contribution in [0.4, 0.5) is 4.39 Å². The molecule has 1 unspecified atom stereocenters. The minimum absolute atomic E-state index is 0.0495. The second-order valence-corrected chi connectivity index (χ2v) is 9.09. The first kappa shape index (κ1) is 24.9. The number of aliphatic hydroxyl groups is 1. The van der Waals surface area contributed by atoms with Crippen molar-refractivity contribution in [3.05, 3.63) is 137 Å². The zero-order valence-corrected chi connectivity index (χ0v) is 20.7. The van der Waals surface area contributed by atoms with Gasteiger partial charge in [-0.1, -0.05) is 48.5 Å². The number of aromatic nitrogens is 1. The first-order chi connectivity index (χ1) is 18.4. The number of likely N-dealkylation sites (tertiary alicyclic amines) is 1. The summed E-state index contributed by atoms with van der Waals surface area (Å²) < 4.78 is 19.6. The van der Waals surface area contributed by atoms with Crippen LogP contribution in [-0.4, -0.2) is 26.7 Å². The summed E-state index contributed by atoms with van der Waals surface area (Å²) in [5.41, 5.74) is 3.28. The minimum Gasteiger partial charge on any atom is -0.507 e. The smallest absolute Gasteiger partial charge is 0.295 e. The van der Waals surface area contributed by atoms with Crippen LogP contribution >= 0.6 is 0 Å². The van der Waals surface area contributed by atoms with Crippen LogP contribution in [0.2, 0.25) is 0 Å². The lowest BCUT2D eigenvalue weighted by atomic mass is 9.93. The Balaban J connectivity index is 1.52. The van der Waals surface area contributed by atoms with Crippen LogP contribution in [0.1, 0.15) is 33.9 Å². The summed E-state index contributed by atoms with van der Waals surface area (Å²) in [7, 11) is 0. The summed E-state index contributed by atoms with van der Waals surface area (Å²) in [6, 6.07) is 23.1. The molecule has 5 rings (SSSR count). The summed E-state index contributed by atoms with van der Waals surface area (Å²) >= 11 is 0. The number of amides is 1. The number of nitrogens with zero attached hydrogens (tertiary/aromatic N) is 2. The summed E-state index contributed by atoms with van der Waals surface area (Å²) in [4.78, 5) is 31.9. The third-order valence-corrected chi connectivity index (χ3v) is 6.50. The van der Waals surface area contributed by atoms with Crippen molar-refractivity contribution in [2.75, 3.05) is 0 Å². The van der Waals surface area contributed by atoms with Crippen LogP contribution < -0.4 is 4.74 Å². The van der Waals surface area contributed by atoms with Gasteiger partial charge in [-0.05, 0) is 65.6 Å². The van der Waals surface area contributed by atoms with Crippen molar-refractivity contribution in [2.24, 2.45) is 0 Å². The molecule has 7 heteroatoms. The predicted octanol–water partition coefficient (Wildman–Crippen LogP) is 5.73. The molecule has 0 spiro atoms. The summed E-state index contributed by atoms with van der Waals surface area (Å²) in [6.45, 7) is 2.28. The van der Waals surface area contributed by atoms with Crippen molar-refractivity contribution in [3.8, 4) is 5.75 Å². The average molecular weight is 509 g/mol. The number of carbonyl (C=O) groups excluding carboxylic acids is 2. The monoisotopic (exact) mass is 508 g/mol. The molecule has 6 nitrogen and oxygen atoms in total. The molecule has 0 radical (unpaired) electrons. The number of halogens is 1. The molecule has 1 saturated heterocycles. The van der Waals surface area contributed by atoms with Crippen molar-refractivity contribution in [1.29, 1.82) is 0 Å². The zero-order chi connectivity index (χ0) is 26.6. The molecule has 1 N–H and O–H groups in total. The number of aliphatic hydroxyl groups excluding tert-OH is 1. The molecule has 3 aromatic carbocycles. The SMILES string of the molecule is Cc1cc(OCc2ccccc2)ccc1/C(O)=C1\C(=O)C(=O)N(Cc2cccnc2)C1c1ccc(F)cc1. The molecule has 1 fully saturated rings. The number of pyridine rings is 1. The van der Waals surface area contributed by atoms with Crippen LogP contribution in [0.15, 0.2) is 103 Å². The highest BCUT2D eigenvalue weighted by Gasteiger charge is 2.46. The van der Waals surface area contributed by atoms with E-state index < -0.39 is 23.5 Å². The first-order valence-corrected chi connectivity index (χ1v) is 12.1. The zero-order valence-electron chi connectivity index (χ0n) is 20.7. The van der Waals surface area contributed by atoms with Gasteiger partial charge in [0.05, 0.1) is 11.6 Å². The molecule has 1 aliphatic heterocycles. The van der Waals surface area contributed by atoms with Crippen LogP contribution in [0.25, 0.3) is 5.76 Å². The number of Topliss-reactive ketones (excluding diaryl/α,β-unsaturated/α-hetero) is 1. The molecule has 190 valence electrons. The standard InChI is InChI=1S/C31H25FN2O4/c1-20-16-25(38-19-21-6-3-2-4-7-21)13-14-26(20)29(35)27-28(23-9-11-24(32)12-10-23)34(31(37)30(27)36)18-22-8-5-15-33-17-22/h2-17,28,35H,18-19H2,1H3/b29-27+. The van der Waals surface area contributed by atoms with Gasteiger partial charge in [0, 0.05) is 24.5 Å². The number of ketones is 1. The highest BCUT2D eigenvalue weighted by atomic mass is 19.1. The number of hydrogen-bond acceptors (Lipinski definition) is 5. The van der Waals surface area contributed by atoms with E-state index in [0.717, 1.165) is 11.1 Å². The Morgan fingerprint density at radius 3 is 2.39 bits per heavy atom. The van der Waals surface area contributed by atoms with Crippen molar-refractivity contribution in [1.82, 2.24) is 9.88 Å². The van der Waals surface area contributed by atoms with Gasteiger partial charge in [0.25, 0.3) is 11.7 Å². The molecular weight excluding hydrogens is 483 g/mol. The highest BCUT2D eigenvalue weighted by molar-refractivity contribution is 6.46. The average Bonchev–Trinajstić information content (AvgIpc) is 3.18. The Kier molecular flexibility index (Phi) is 7.00. The van der Waals surface area contributed by atoms with E-state index in [9.17, 15) is 19.1 Å². The maximum Gasteiger partial charge on any atom is 0.295 e. The van der Waals surface area contributed by atoms with E-state index in [4.69, 9.17) is 4.74 Å². The molecule has 0 aliphatic carbocycles. The van der Waals surface area contributed by atoms with Gasteiger partial charge in [-0.3, -0.25) is 14.6 Å². The van der Waals surface area contributed by atoms with Gasteiger partial charge >= 0.3 is 0 Å². The quantitative estimate of drug-likeness (QED) is 0.196. The van der Waals surface area contributed by atoms with Gasteiger partial charge in [0.1, 0.15) is 23.9 Å². The maximum atomic E-state index is 13.7. The lowest BCUT2D eigenvalue weighted by molar-refractivity contribution is -0.140. The number of benzene rings is 3. The minimum atomic E-state index is -0.899. The van der Waals surface area contributed by atoms with Crippen molar-refractivity contribution in [3.63, 3.8) is 0 Å². The van der Waals surface area contributed by atoms with E-state index >= 15 is 0 Å². The molecule has 4 aromatic rings. The fourth-order valence-electron chi connectivity index (χ4n) is 4.60. The molecule has 38 heavy (non-hydrogen) atoms. The number of aryl methyl sites for hydroxylation is 1. The van der Waals surface area contributed by atoms with Crippen molar-refractivity contribution < 1.29 is 23.8 Å². The van der Waals surface area contributed by atoms with Crippen LogP contribution in [-0.2, 0) is 22.7 Å². The lowest BCUT2D eigenvalue weighted by Gasteiger charge is -2.25. The second-order valence-electron chi connectivity index (χ2n) is 9.09. The van der Waals surface area contributed by atoms with Gasteiger partial charge < -0.3 is 14.7 Å². The number of ether oxygens (including phenoxy) is 1. The Hall–Kier alpha value is -4.78. The Morgan fingerprint density at radius 2 is 1.71 bits per heavy atom. The topological polar surface area (TPSA) is 79.7 Å². The Labute approximate surface area is 219 Å². The van der Waals surface area contributed by atoms with Gasteiger partial charge in [-0.25, -0.2) is 4.39 Å². The Morgan fingerprint density at radius 1 is 0.974 bits per heavy atom. The molecule has 1 atom stereocenters. The van der Waals surface area contributed by atoms with Gasteiger partial charge in [-0.15, -0.1) is 0 Å². The summed E-state index contributed by atoms with van der Waals surface area (Å²) in [5, 5.41) is 11.4. The molecule has 1 amide bonds. The molecule has 0 saturated carbocycles. The van der Waals surface area contributed by atoms with E-state index in [2.05, 4.69) is 4.98 Å². The highest BCUT2D eigenvalue weighted by Crippen LogP contribution is 2.41. The van der Waals surface area contributed by atoms with Gasteiger partial charge in [0.2, 0.25) is 0 Å². The van der Waals surface area contributed by atoms with Gasteiger partial charge in [0.15, 0.2) is 0 Å². The van der Waals surface area contributed by atoms with Crippen molar-refractivity contribution >= 4 is 17.4 Å². The van der Waals surface area contributed by atoms with Crippen LogP contribution in [0.5, 0.6) is 5.75 Å². The van der Waals surface area contributed by atoms with E-state index in [0.29, 0.717) is 29.0 Å². The summed E-state index contributed by atoms with van der Waals surface area (Å²) in [6.07, 6.45) is 3.23. The van der Waals surface area contributed by atoms with Crippen molar-refractivity contribution in [2.45, 2.75) is 26.1 Å². The summed E-state index contributed by atoms with van der Waals surface area (Å²) in [5.74, 6) is -1.68. The maximum absolute atomic E-state index is 13.7. The molecule has 1 aromatic heterocycles. The molecule has 0 bridgehead atoms. The molecule has 1 aliphatic rings. The van der Waals surface area contributed by atoms with E-state index in [-0.39, 0.29) is 17.9 Å². The fraction of sp³-hybridized carbons (Fsp3) is 0.129. The number of rotatable bonds is 7.